The molecule has 2 aromatic rings. The fourth-order valence-electron chi connectivity index (χ4n) is 3.84. The van der Waals surface area contributed by atoms with Crippen molar-refractivity contribution in [1.29, 1.82) is 0 Å². The second-order valence-electron chi connectivity index (χ2n) is 6.41. The lowest BCUT2D eigenvalue weighted by Gasteiger charge is -2.24. The number of aromatic nitrogens is 2. The van der Waals surface area contributed by atoms with Gasteiger partial charge < -0.3 is 9.88 Å². The Hall–Kier alpha value is -1.77. The first-order valence-corrected chi connectivity index (χ1v) is 8.32. The van der Waals surface area contributed by atoms with E-state index in [4.69, 9.17) is 0 Å². The van der Waals surface area contributed by atoms with E-state index < -0.39 is 0 Å². The molecule has 1 heterocycles. The zero-order valence-corrected chi connectivity index (χ0v) is 12.5. The van der Waals surface area contributed by atoms with Crippen LogP contribution in [0, 0.1) is 0 Å². The van der Waals surface area contributed by atoms with Crippen LogP contribution in [-0.2, 0) is 12.8 Å². The normalized spacial score (nSPS) is 18.7. The van der Waals surface area contributed by atoms with E-state index in [0.29, 0.717) is 6.04 Å². The highest BCUT2D eigenvalue weighted by Crippen LogP contribution is 2.32. The number of aryl methyl sites for hydroxylation is 2. The Morgan fingerprint density at radius 2 is 1.86 bits per heavy atom. The van der Waals surface area contributed by atoms with E-state index in [-0.39, 0.29) is 0 Å². The number of benzene rings is 1. The summed E-state index contributed by atoms with van der Waals surface area (Å²) in [4.78, 5) is 4.53. The van der Waals surface area contributed by atoms with Crippen LogP contribution in [0.2, 0.25) is 0 Å². The van der Waals surface area contributed by atoms with E-state index in [1.54, 1.807) is 0 Å². The van der Waals surface area contributed by atoms with Crippen molar-refractivity contribution in [3.63, 3.8) is 0 Å². The van der Waals surface area contributed by atoms with Crippen molar-refractivity contribution in [2.24, 2.45) is 0 Å². The number of fused-ring (bicyclic) bond motifs is 1. The van der Waals surface area contributed by atoms with Crippen molar-refractivity contribution in [2.45, 2.75) is 57.4 Å². The van der Waals surface area contributed by atoms with Gasteiger partial charge in [0, 0.05) is 24.1 Å². The molecule has 0 unspecified atom stereocenters. The lowest BCUT2D eigenvalue weighted by molar-refractivity contribution is 0.356. The first-order valence-electron chi connectivity index (χ1n) is 8.32. The van der Waals surface area contributed by atoms with Crippen LogP contribution < -0.4 is 5.32 Å². The van der Waals surface area contributed by atoms with E-state index in [0.717, 1.165) is 5.95 Å². The number of nitrogens with zero attached hydrogens (tertiary/aromatic N) is 2. The van der Waals surface area contributed by atoms with Gasteiger partial charge in [-0.3, -0.25) is 0 Å². The molecule has 110 valence electrons. The third-order valence-electron chi connectivity index (χ3n) is 4.99. The molecular weight excluding hydrogens is 258 g/mol. The number of nitrogens with one attached hydrogen (secondary N) is 1. The summed E-state index contributed by atoms with van der Waals surface area (Å²) in [6, 6.07) is 7.41. The van der Waals surface area contributed by atoms with E-state index in [9.17, 15) is 0 Å². The Bertz CT molecular complexity index is 623. The van der Waals surface area contributed by atoms with Crippen molar-refractivity contribution in [2.75, 3.05) is 5.32 Å². The molecule has 2 aliphatic rings. The van der Waals surface area contributed by atoms with Gasteiger partial charge in [-0.15, -0.1) is 0 Å². The van der Waals surface area contributed by atoms with Crippen LogP contribution in [0.1, 0.15) is 55.7 Å². The van der Waals surface area contributed by atoms with Gasteiger partial charge in [0.2, 0.25) is 5.95 Å². The fraction of sp³-hybridized carbons (Fsp3) is 0.500. The summed E-state index contributed by atoms with van der Waals surface area (Å²) in [7, 11) is 0. The highest BCUT2D eigenvalue weighted by Gasteiger charge is 2.18. The molecule has 1 N–H and O–H groups in total. The Kier molecular flexibility index (Phi) is 3.42. The van der Waals surface area contributed by atoms with Crippen LogP contribution in [0.15, 0.2) is 30.6 Å². The molecule has 1 saturated carbocycles. The van der Waals surface area contributed by atoms with E-state index in [2.05, 4.69) is 39.3 Å². The Balaban J connectivity index is 1.56. The fourth-order valence-corrected chi connectivity index (χ4v) is 3.84. The van der Waals surface area contributed by atoms with Crippen molar-refractivity contribution >= 4 is 11.6 Å². The number of hydrogen-bond acceptors (Lipinski definition) is 2. The van der Waals surface area contributed by atoms with Crippen LogP contribution in [0.4, 0.5) is 11.6 Å². The third kappa shape index (κ3) is 2.57. The molecule has 4 rings (SSSR count). The van der Waals surface area contributed by atoms with Gasteiger partial charge in [-0.2, -0.15) is 0 Å². The monoisotopic (exact) mass is 281 g/mol. The summed E-state index contributed by atoms with van der Waals surface area (Å²) in [6.07, 6.45) is 14.5. The van der Waals surface area contributed by atoms with Gasteiger partial charge in [0.25, 0.3) is 0 Å². The Labute approximate surface area is 126 Å². The Morgan fingerprint density at radius 3 is 2.76 bits per heavy atom. The second-order valence-corrected chi connectivity index (χ2v) is 6.41. The molecule has 2 aliphatic carbocycles. The summed E-state index contributed by atoms with van der Waals surface area (Å²) in [6.45, 7) is 0. The summed E-state index contributed by atoms with van der Waals surface area (Å²) >= 11 is 0. The second kappa shape index (κ2) is 5.55. The zero-order chi connectivity index (χ0) is 14.1. The molecule has 1 aromatic carbocycles. The molecule has 0 atom stereocenters. The van der Waals surface area contributed by atoms with Crippen LogP contribution in [0.25, 0.3) is 0 Å². The predicted molar refractivity (Wildman–Crippen MR) is 86.1 cm³/mol. The highest BCUT2D eigenvalue weighted by atomic mass is 15.2. The standard InChI is InChI=1S/C18H23N3/c1-2-7-17(8-3-1)21-12-11-19-18(21)20-16-10-9-14-5-4-6-15(14)13-16/h9-13,17H,1-8H2,(H,19,20). The van der Waals surface area contributed by atoms with Gasteiger partial charge >= 0.3 is 0 Å². The topological polar surface area (TPSA) is 29.9 Å². The van der Waals surface area contributed by atoms with Crippen LogP contribution >= 0.6 is 0 Å². The molecule has 3 nitrogen and oxygen atoms in total. The van der Waals surface area contributed by atoms with E-state index in [1.807, 2.05) is 6.20 Å². The smallest absolute Gasteiger partial charge is 0.207 e. The van der Waals surface area contributed by atoms with Gasteiger partial charge in [0.05, 0.1) is 0 Å². The predicted octanol–water partition coefficient (Wildman–Crippen LogP) is 4.62. The average molecular weight is 281 g/mol. The number of anilines is 2. The van der Waals surface area contributed by atoms with Crippen molar-refractivity contribution in [3.8, 4) is 0 Å². The maximum atomic E-state index is 4.53. The molecule has 1 aromatic heterocycles. The maximum absolute atomic E-state index is 4.53. The molecule has 1 fully saturated rings. The van der Waals surface area contributed by atoms with Gasteiger partial charge in [0.1, 0.15) is 0 Å². The van der Waals surface area contributed by atoms with Crippen LogP contribution in [-0.4, -0.2) is 9.55 Å². The zero-order valence-electron chi connectivity index (χ0n) is 12.5. The van der Waals surface area contributed by atoms with Crippen LogP contribution in [0.5, 0.6) is 0 Å². The van der Waals surface area contributed by atoms with E-state index in [1.165, 1.54) is 68.2 Å². The number of imidazole rings is 1. The minimum absolute atomic E-state index is 0.623. The lowest BCUT2D eigenvalue weighted by Crippen LogP contribution is -2.14. The summed E-state index contributed by atoms with van der Waals surface area (Å²) in [5.74, 6) is 1.000. The molecule has 21 heavy (non-hydrogen) atoms. The van der Waals surface area contributed by atoms with Gasteiger partial charge in [-0.1, -0.05) is 25.3 Å². The molecule has 0 radical (unpaired) electrons. The first kappa shape index (κ1) is 12.9. The van der Waals surface area contributed by atoms with Crippen LogP contribution in [0.3, 0.4) is 0 Å². The van der Waals surface area contributed by atoms with Crippen molar-refractivity contribution in [3.05, 3.63) is 41.7 Å². The summed E-state index contributed by atoms with van der Waals surface area (Å²) in [5.41, 5.74) is 4.21. The summed E-state index contributed by atoms with van der Waals surface area (Å²) in [5, 5.41) is 3.53. The van der Waals surface area contributed by atoms with Crippen molar-refractivity contribution in [1.82, 2.24) is 9.55 Å². The average Bonchev–Trinajstić information content (AvgIpc) is 3.16. The minimum Gasteiger partial charge on any atom is -0.326 e. The Morgan fingerprint density at radius 1 is 1.00 bits per heavy atom. The maximum Gasteiger partial charge on any atom is 0.207 e. The molecule has 0 bridgehead atoms. The number of hydrogen-bond donors (Lipinski definition) is 1. The molecular formula is C18H23N3. The van der Waals surface area contributed by atoms with E-state index >= 15 is 0 Å². The third-order valence-corrected chi connectivity index (χ3v) is 4.99. The first-order chi connectivity index (χ1) is 10.4. The lowest BCUT2D eigenvalue weighted by atomic mass is 9.95. The molecule has 0 spiro atoms. The van der Waals surface area contributed by atoms with Gasteiger partial charge in [-0.05, 0) is 55.4 Å². The quantitative estimate of drug-likeness (QED) is 0.889. The molecule has 0 aliphatic heterocycles. The highest BCUT2D eigenvalue weighted by molar-refractivity contribution is 5.57. The van der Waals surface area contributed by atoms with Gasteiger partial charge in [0.15, 0.2) is 0 Å². The SMILES string of the molecule is c1cn(C2CCCCC2)c(Nc2ccc3c(c2)CCC3)n1. The molecule has 3 heteroatoms. The molecule has 0 saturated heterocycles. The summed E-state index contributed by atoms with van der Waals surface area (Å²) < 4.78 is 2.34. The minimum atomic E-state index is 0.623. The largest absolute Gasteiger partial charge is 0.326 e. The van der Waals surface area contributed by atoms with Crippen molar-refractivity contribution < 1.29 is 0 Å². The molecule has 0 amide bonds. The number of rotatable bonds is 3. The van der Waals surface area contributed by atoms with Gasteiger partial charge in [-0.25, -0.2) is 4.98 Å².